The van der Waals surface area contributed by atoms with Gasteiger partial charge < -0.3 is 0 Å². The number of hydrogen-bond donors (Lipinski definition) is 1. The monoisotopic (exact) mass is 425 g/mol. The lowest BCUT2D eigenvalue weighted by Crippen LogP contribution is -2.25. The third kappa shape index (κ3) is 5.26. The lowest BCUT2D eigenvalue weighted by Gasteiger charge is -2.06. The molecule has 0 aliphatic heterocycles. The molecule has 1 heterocycles. The van der Waals surface area contributed by atoms with Crippen LogP contribution in [0.4, 0.5) is 0 Å². The van der Waals surface area contributed by atoms with Crippen LogP contribution in [0, 0.1) is 0 Å². The van der Waals surface area contributed by atoms with E-state index < -0.39 is 10.0 Å². The summed E-state index contributed by atoms with van der Waals surface area (Å²) in [6.45, 7) is 0.396. The van der Waals surface area contributed by atoms with E-state index >= 15 is 0 Å². The van der Waals surface area contributed by atoms with Crippen molar-refractivity contribution in [3.8, 4) is 0 Å². The van der Waals surface area contributed by atoms with Crippen molar-refractivity contribution in [3.63, 3.8) is 0 Å². The van der Waals surface area contributed by atoms with Crippen molar-refractivity contribution in [1.29, 1.82) is 0 Å². The minimum absolute atomic E-state index is 0.325. The number of rotatable bonds is 7. The van der Waals surface area contributed by atoms with Crippen molar-refractivity contribution < 1.29 is 8.42 Å². The van der Waals surface area contributed by atoms with Gasteiger partial charge in [0.05, 0.1) is 3.79 Å². The number of thioether (sulfide) groups is 1. The van der Waals surface area contributed by atoms with Gasteiger partial charge in [0.25, 0.3) is 0 Å². The average molecular weight is 427 g/mol. The van der Waals surface area contributed by atoms with E-state index in [2.05, 4.69) is 20.7 Å². The first-order valence-electron chi connectivity index (χ1n) is 6.05. The highest BCUT2D eigenvalue weighted by atomic mass is 79.9. The quantitative estimate of drug-likeness (QED) is 0.668. The zero-order valence-electron chi connectivity index (χ0n) is 10.9. The third-order valence-electron chi connectivity index (χ3n) is 2.57. The van der Waals surface area contributed by atoms with Crippen LogP contribution < -0.4 is 4.72 Å². The number of benzene rings is 1. The first-order chi connectivity index (χ1) is 9.99. The zero-order chi connectivity index (χ0) is 15.3. The molecule has 0 spiro atoms. The maximum Gasteiger partial charge on any atom is 0.250 e. The molecule has 2 rings (SSSR count). The van der Waals surface area contributed by atoms with Gasteiger partial charge in [0, 0.05) is 23.1 Å². The molecule has 0 unspecified atom stereocenters. The van der Waals surface area contributed by atoms with Gasteiger partial charge in [-0.25, -0.2) is 13.1 Å². The highest BCUT2D eigenvalue weighted by Gasteiger charge is 2.15. The molecule has 1 aromatic heterocycles. The van der Waals surface area contributed by atoms with Gasteiger partial charge in [-0.1, -0.05) is 29.8 Å². The third-order valence-corrected chi connectivity index (χ3v) is 7.52. The first-order valence-corrected chi connectivity index (χ1v) is 10.7. The summed E-state index contributed by atoms with van der Waals surface area (Å²) in [4.78, 5) is 0. The van der Waals surface area contributed by atoms with Gasteiger partial charge >= 0.3 is 0 Å². The highest BCUT2D eigenvalue weighted by Crippen LogP contribution is 2.26. The lowest BCUT2D eigenvalue weighted by atomic mass is 10.2. The Balaban J connectivity index is 1.76. The van der Waals surface area contributed by atoms with Crippen LogP contribution in [0.5, 0.6) is 0 Å². The Morgan fingerprint density at radius 2 is 2.00 bits per heavy atom. The molecule has 0 amide bonds. The Morgan fingerprint density at radius 1 is 1.24 bits per heavy atom. The molecular weight excluding hydrogens is 414 g/mol. The predicted molar refractivity (Wildman–Crippen MR) is 94.8 cm³/mol. The second-order valence-corrected chi connectivity index (χ2v) is 10.1. The van der Waals surface area contributed by atoms with Crippen molar-refractivity contribution in [2.24, 2.45) is 0 Å². The molecule has 0 saturated carbocycles. The number of nitrogens with one attached hydrogen (secondary N) is 1. The molecule has 114 valence electrons. The van der Waals surface area contributed by atoms with E-state index in [4.69, 9.17) is 11.6 Å². The molecular formula is C13H13BrClNO2S3. The van der Waals surface area contributed by atoms with Crippen molar-refractivity contribution >= 4 is 60.7 Å². The second kappa shape index (κ2) is 7.99. The molecule has 0 aliphatic rings. The number of halogens is 2. The Labute approximate surface area is 146 Å². The summed E-state index contributed by atoms with van der Waals surface area (Å²) >= 11 is 12.2. The summed E-state index contributed by atoms with van der Waals surface area (Å²) in [6, 6.07) is 11.0. The molecule has 0 atom stereocenters. The van der Waals surface area contributed by atoms with Gasteiger partial charge in [0.15, 0.2) is 0 Å². The van der Waals surface area contributed by atoms with Crippen LogP contribution in [-0.2, 0) is 15.8 Å². The fourth-order valence-electron chi connectivity index (χ4n) is 1.56. The Morgan fingerprint density at radius 3 is 2.67 bits per heavy atom. The molecule has 8 heteroatoms. The van der Waals surface area contributed by atoms with Gasteiger partial charge in [-0.2, -0.15) is 11.8 Å². The number of sulfonamides is 1. The molecule has 1 aromatic carbocycles. The molecule has 0 radical (unpaired) electrons. The molecule has 1 N–H and O–H groups in total. The van der Waals surface area contributed by atoms with E-state index in [1.807, 2.05) is 24.3 Å². The van der Waals surface area contributed by atoms with Crippen LogP contribution in [0.3, 0.4) is 0 Å². The lowest BCUT2D eigenvalue weighted by molar-refractivity contribution is 0.586. The van der Waals surface area contributed by atoms with E-state index in [1.165, 1.54) is 11.3 Å². The van der Waals surface area contributed by atoms with Gasteiger partial charge in [-0.3, -0.25) is 0 Å². The minimum atomic E-state index is -3.39. The fourth-order valence-corrected chi connectivity index (χ4v) is 5.92. The first kappa shape index (κ1) is 17.3. The Bertz CT molecular complexity index is 703. The standard InChI is InChI=1S/C13H13BrClNO2S3/c14-12-5-6-13(20-12)21(17,18)16-7-8-19-9-10-3-1-2-4-11(10)15/h1-6,16H,7-9H2. The number of thiophene rings is 1. The van der Waals surface area contributed by atoms with Crippen LogP contribution in [0.2, 0.25) is 5.02 Å². The van der Waals surface area contributed by atoms with Crippen molar-refractivity contribution in [2.45, 2.75) is 9.96 Å². The summed E-state index contributed by atoms with van der Waals surface area (Å²) in [7, 11) is -3.39. The van der Waals surface area contributed by atoms with E-state index in [9.17, 15) is 8.42 Å². The van der Waals surface area contributed by atoms with Gasteiger partial charge in [-0.05, 0) is 39.7 Å². The maximum atomic E-state index is 12.0. The largest absolute Gasteiger partial charge is 0.250 e. The molecule has 3 nitrogen and oxygen atoms in total. The smallest absolute Gasteiger partial charge is 0.210 e. The summed E-state index contributed by atoms with van der Waals surface area (Å²) < 4.78 is 27.7. The van der Waals surface area contributed by atoms with Crippen LogP contribution in [-0.4, -0.2) is 20.7 Å². The topological polar surface area (TPSA) is 46.2 Å². The summed E-state index contributed by atoms with van der Waals surface area (Å²) in [5, 5.41) is 0.744. The van der Waals surface area contributed by atoms with Crippen LogP contribution in [0.1, 0.15) is 5.56 Å². The van der Waals surface area contributed by atoms with Crippen LogP contribution in [0.15, 0.2) is 44.4 Å². The Kier molecular flexibility index (Phi) is 6.58. The zero-order valence-corrected chi connectivity index (χ0v) is 15.7. The second-order valence-electron chi connectivity index (χ2n) is 4.10. The van der Waals surface area contributed by atoms with E-state index in [1.54, 1.807) is 23.9 Å². The molecule has 0 fully saturated rings. The van der Waals surface area contributed by atoms with Gasteiger partial charge in [0.1, 0.15) is 4.21 Å². The van der Waals surface area contributed by atoms with Crippen LogP contribution in [0.25, 0.3) is 0 Å². The summed E-state index contributed by atoms with van der Waals surface area (Å²) in [5.41, 5.74) is 1.06. The molecule has 2 aromatic rings. The predicted octanol–water partition coefficient (Wildman–Crippen LogP) is 4.38. The van der Waals surface area contributed by atoms with Gasteiger partial charge in [0.2, 0.25) is 10.0 Å². The van der Waals surface area contributed by atoms with Crippen molar-refractivity contribution in [2.75, 3.05) is 12.3 Å². The number of hydrogen-bond acceptors (Lipinski definition) is 4. The summed E-state index contributed by atoms with van der Waals surface area (Å²) in [5.74, 6) is 1.46. The van der Waals surface area contributed by atoms with Crippen LogP contribution >= 0.6 is 50.6 Å². The average Bonchev–Trinajstić information content (AvgIpc) is 2.88. The van der Waals surface area contributed by atoms with E-state index in [0.29, 0.717) is 16.5 Å². The normalized spacial score (nSPS) is 11.7. The SMILES string of the molecule is O=S(=O)(NCCSCc1ccccc1Cl)c1ccc(Br)s1. The van der Waals surface area contributed by atoms with E-state index in [0.717, 1.165) is 20.1 Å². The molecule has 0 bridgehead atoms. The minimum Gasteiger partial charge on any atom is -0.210 e. The molecule has 21 heavy (non-hydrogen) atoms. The van der Waals surface area contributed by atoms with Gasteiger partial charge in [-0.15, -0.1) is 11.3 Å². The van der Waals surface area contributed by atoms with E-state index in [-0.39, 0.29) is 0 Å². The maximum absolute atomic E-state index is 12.0. The Hall–Kier alpha value is -0.0500. The van der Waals surface area contributed by atoms with Crippen molar-refractivity contribution in [1.82, 2.24) is 4.72 Å². The molecule has 0 aliphatic carbocycles. The summed E-state index contributed by atoms with van der Waals surface area (Å²) in [6.07, 6.45) is 0. The highest BCUT2D eigenvalue weighted by molar-refractivity contribution is 9.11. The van der Waals surface area contributed by atoms with Crippen molar-refractivity contribution in [3.05, 3.63) is 50.8 Å². The fraction of sp³-hybridized carbons (Fsp3) is 0.231. The molecule has 0 saturated heterocycles.